The smallest absolute Gasteiger partial charge is 0.339 e. The zero-order valence-electron chi connectivity index (χ0n) is 11.0. The molecule has 0 bridgehead atoms. The predicted octanol–water partition coefficient (Wildman–Crippen LogP) is 3.00. The quantitative estimate of drug-likeness (QED) is 0.455. The molecule has 96 valence electrons. The van der Waals surface area contributed by atoms with E-state index in [2.05, 4.69) is 0 Å². The summed E-state index contributed by atoms with van der Waals surface area (Å²) >= 11 is 0. The van der Waals surface area contributed by atoms with Gasteiger partial charge in [-0.2, -0.15) is 0 Å². The molecule has 0 saturated heterocycles. The van der Waals surface area contributed by atoms with Crippen LogP contribution in [0.3, 0.4) is 0 Å². The van der Waals surface area contributed by atoms with Crippen molar-refractivity contribution in [3.8, 4) is 0 Å². The molecule has 18 heavy (non-hydrogen) atoms. The number of esters is 1. The van der Waals surface area contributed by atoms with Gasteiger partial charge in [0.05, 0.1) is 5.57 Å². The minimum absolute atomic E-state index is 0.284. The third-order valence-electron chi connectivity index (χ3n) is 2.76. The Labute approximate surface area is 107 Å². The molecule has 1 aromatic rings. The number of hydrogen-bond acceptors (Lipinski definition) is 3. The fourth-order valence-electron chi connectivity index (χ4n) is 1.35. The van der Waals surface area contributed by atoms with Gasteiger partial charge in [0.25, 0.3) is 0 Å². The summed E-state index contributed by atoms with van der Waals surface area (Å²) in [5.41, 5.74) is 0.432. The summed E-state index contributed by atoms with van der Waals surface area (Å²) in [6.07, 6.45) is 2.55. The Balaban J connectivity index is 2.98. The highest BCUT2D eigenvalue weighted by Gasteiger charge is 2.23. The molecule has 3 nitrogen and oxygen atoms in total. The molecule has 3 heteroatoms. The maximum absolute atomic E-state index is 12.1. The lowest BCUT2D eigenvalue weighted by atomic mass is 10.0. The van der Waals surface area contributed by atoms with Crippen LogP contribution in [0.25, 0.3) is 5.57 Å². The van der Waals surface area contributed by atoms with Crippen LogP contribution in [0.15, 0.2) is 36.4 Å². The van der Waals surface area contributed by atoms with E-state index < -0.39 is 11.6 Å². The van der Waals surface area contributed by atoms with E-state index >= 15 is 0 Å². The molecule has 1 rings (SSSR count). The van der Waals surface area contributed by atoms with Crippen molar-refractivity contribution in [2.75, 3.05) is 0 Å². The zero-order chi connectivity index (χ0) is 13.6. The van der Waals surface area contributed by atoms with E-state index in [1.807, 2.05) is 39.0 Å². The average molecular weight is 246 g/mol. The van der Waals surface area contributed by atoms with Gasteiger partial charge in [-0.25, -0.2) is 4.79 Å². The zero-order valence-corrected chi connectivity index (χ0v) is 11.0. The Kier molecular flexibility index (Phi) is 4.84. The molecule has 0 aliphatic rings. The predicted molar refractivity (Wildman–Crippen MR) is 70.9 cm³/mol. The molecular weight excluding hydrogens is 228 g/mol. The van der Waals surface area contributed by atoms with Crippen LogP contribution in [0.1, 0.15) is 32.8 Å². The molecule has 0 N–H and O–H groups in total. The minimum atomic E-state index is -0.534. The van der Waals surface area contributed by atoms with Crippen LogP contribution in [-0.4, -0.2) is 17.9 Å². The van der Waals surface area contributed by atoms with Crippen LogP contribution in [0, 0.1) is 0 Å². The third kappa shape index (κ3) is 3.84. The topological polar surface area (TPSA) is 43.4 Å². The Morgan fingerprint density at radius 2 is 1.89 bits per heavy atom. The standard InChI is InChI=1S/C15H18O3/c1-4-15(2,3)18-14(17)13(10-11-16)12-8-6-5-7-9-12/h5-11H,4H2,1-3H3. The van der Waals surface area contributed by atoms with Gasteiger partial charge in [-0.3, -0.25) is 4.79 Å². The number of ether oxygens (including phenoxy) is 1. The van der Waals surface area contributed by atoms with Crippen molar-refractivity contribution in [1.29, 1.82) is 0 Å². The summed E-state index contributed by atoms with van der Waals surface area (Å²) in [6, 6.07) is 9.02. The maximum Gasteiger partial charge on any atom is 0.339 e. The summed E-state index contributed by atoms with van der Waals surface area (Å²) in [4.78, 5) is 22.7. The Morgan fingerprint density at radius 1 is 1.28 bits per heavy atom. The van der Waals surface area contributed by atoms with Crippen LogP contribution >= 0.6 is 0 Å². The van der Waals surface area contributed by atoms with Gasteiger partial charge in [0, 0.05) is 0 Å². The average Bonchev–Trinajstić information content (AvgIpc) is 2.36. The van der Waals surface area contributed by atoms with Gasteiger partial charge in [0.15, 0.2) is 0 Å². The summed E-state index contributed by atoms with van der Waals surface area (Å²) in [5.74, 6) is -0.472. The van der Waals surface area contributed by atoms with Gasteiger partial charge in [0.2, 0.25) is 0 Å². The number of benzene rings is 1. The second-order valence-corrected chi connectivity index (χ2v) is 4.59. The van der Waals surface area contributed by atoms with Crippen molar-refractivity contribution in [2.45, 2.75) is 32.8 Å². The highest BCUT2D eigenvalue weighted by molar-refractivity contribution is 6.19. The summed E-state index contributed by atoms with van der Waals surface area (Å²) in [7, 11) is 0. The molecule has 0 heterocycles. The van der Waals surface area contributed by atoms with Gasteiger partial charge in [0.1, 0.15) is 11.9 Å². The number of carbonyl (C=O) groups excluding carboxylic acids is 2. The maximum atomic E-state index is 12.1. The second kappa shape index (κ2) is 6.15. The Bertz CT molecular complexity index is 444. The molecule has 0 saturated carbocycles. The summed E-state index contributed by atoms with van der Waals surface area (Å²) in [5, 5.41) is 0. The minimum Gasteiger partial charge on any atom is -0.456 e. The van der Waals surface area contributed by atoms with E-state index in [1.54, 1.807) is 12.1 Å². The summed E-state index contributed by atoms with van der Waals surface area (Å²) in [6.45, 7) is 5.63. The van der Waals surface area contributed by atoms with Gasteiger partial charge in [-0.15, -0.1) is 0 Å². The first-order chi connectivity index (χ1) is 8.50. The monoisotopic (exact) mass is 246 g/mol. The van der Waals surface area contributed by atoms with Crippen molar-refractivity contribution in [1.82, 2.24) is 0 Å². The molecule has 0 spiro atoms. The molecule has 0 aliphatic carbocycles. The number of hydrogen-bond donors (Lipinski definition) is 0. The first kappa shape index (κ1) is 14.2. The van der Waals surface area contributed by atoms with Crippen molar-refractivity contribution < 1.29 is 14.3 Å². The van der Waals surface area contributed by atoms with Gasteiger partial charge in [-0.05, 0) is 31.9 Å². The van der Waals surface area contributed by atoms with Crippen molar-refractivity contribution in [2.24, 2.45) is 0 Å². The van der Waals surface area contributed by atoms with E-state index in [0.29, 0.717) is 18.3 Å². The van der Waals surface area contributed by atoms with Crippen LogP contribution in [0.2, 0.25) is 0 Å². The molecule has 0 atom stereocenters. The summed E-state index contributed by atoms with van der Waals surface area (Å²) < 4.78 is 5.39. The largest absolute Gasteiger partial charge is 0.456 e. The molecular formula is C15H18O3. The van der Waals surface area contributed by atoms with Crippen LogP contribution in [-0.2, 0) is 14.3 Å². The highest BCUT2D eigenvalue weighted by atomic mass is 16.6. The van der Waals surface area contributed by atoms with E-state index in [1.165, 1.54) is 6.08 Å². The van der Waals surface area contributed by atoms with Crippen LogP contribution in [0.4, 0.5) is 0 Å². The fraction of sp³-hybridized carbons (Fsp3) is 0.333. The molecule has 0 unspecified atom stereocenters. The number of allylic oxidation sites excluding steroid dienone is 1. The fourth-order valence-corrected chi connectivity index (χ4v) is 1.35. The van der Waals surface area contributed by atoms with E-state index in [0.717, 1.165) is 0 Å². The number of rotatable bonds is 5. The number of carbonyl (C=O) groups is 2. The first-order valence-electron chi connectivity index (χ1n) is 5.94. The SMILES string of the molecule is CCC(C)(C)OC(=O)C(=CC=O)c1ccccc1. The third-order valence-corrected chi connectivity index (χ3v) is 2.76. The van der Waals surface area contributed by atoms with Crippen LogP contribution in [0.5, 0.6) is 0 Å². The normalized spacial score (nSPS) is 12.1. The highest BCUT2D eigenvalue weighted by Crippen LogP contribution is 2.21. The lowest BCUT2D eigenvalue weighted by molar-refractivity contribution is -0.149. The molecule has 0 aliphatic heterocycles. The van der Waals surface area contributed by atoms with E-state index in [-0.39, 0.29) is 5.57 Å². The van der Waals surface area contributed by atoms with Crippen molar-refractivity contribution >= 4 is 17.8 Å². The van der Waals surface area contributed by atoms with Gasteiger partial charge in [-0.1, -0.05) is 37.3 Å². The van der Waals surface area contributed by atoms with Crippen molar-refractivity contribution in [3.63, 3.8) is 0 Å². The van der Waals surface area contributed by atoms with Crippen LogP contribution < -0.4 is 0 Å². The molecule has 1 aromatic carbocycles. The molecule has 0 aromatic heterocycles. The lowest BCUT2D eigenvalue weighted by Gasteiger charge is -2.24. The lowest BCUT2D eigenvalue weighted by Crippen LogP contribution is -2.27. The molecule has 0 radical (unpaired) electrons. The first-order valence-corrected chi connectivity index (χ1v) is 5.94. The number of aldehydes is 1. The molecule has 0 fully saturated rings. The van der Waals surface area contributed by atoms with Gasteiger partial charge < -0.3 is 4.74 Å². The van der Waals surface area contributed by atoms with Crippen molar-refractivity contribution in [3.05, 3.63) is 42.0 Å². The van der Waals surface area contributed by atoms with Gasteiger partial charge >= 0.3 is 5.97 Å². The Hall–Kier alpha value is -1.90. The van der Waals surface area contributed by atoms with E-state index in [9.17, 15) is 9.59 Å². The second-order valence-electron chi connectivity index (χ2n) is 4.59. The molecule has 0 amide bonds. The van der Waals surface area contributed by atoms with E-state index in [4.69, 9.17) is 4.74 Å². The Morgan fingerprint density at radius 3 is 2.39 bits per heavy atom.